The molecule has 1 aliphatic rings. The topological polar surface area (TPSA) is 22.1 Å². The van der Waals surface area contributed by atoms with Crippen molar-refractivity contribution >= 4 is 0 Å². The Bertz CT molecular complexity index is 706. The Balaban J connectivity index is 1.37. The molecular weight excluding hydrogens is 366 g/mol. The molecular formula is C28H41NO. The molecule has 1 aromatic heterocycles. The normalized spacial score (nSPS) is 19.0. The molecule has 0 spiro atoms. The first-order chi connectivity index (χ1) is 14.8. The zero-order valence-corrected chi connectivity index (χ0v) is 19.2. The number of hydrogen-bond donors (Lipinski definition) is 0. The smallest absolute Gasteiger partial charge is 0.119 e. The Labute approximate surface area is 184 Å². The molecule has 164 valence electrons. The van der Waals surface area contributed by atoms with Gasteiger partial charge in [0.2, 0.25) is 0 Å². The maximum Gasteiger partial charge on any atom is 0.119 e. The lowest BCUT2D eigenvalue weighted by Gasteiger charge is -2.31. The molecule has 2 nitrogen and oxygen atoms in total. The molecule has 3 rings (SSSR count). The first-order valence-electron chi connectivity index (χ1n) is 12.4. The van der Waals surface area contributed by atoms with Gasteiger partial charge in [-0.2, -0.15) is 0 Å². The lowest BCUT2D eigenvalue weighted by Crippen LogP contribution is -2.20. The van der Waals surface area contributed by atoms with Gasteiger partial charge in [0.25, 0.3) is 0 Å². The molecule has 0 radical (unpaired) electrons. The molecule has 2 aromatic rings. The maximum atomic E-state index is 6.05. The number of benzene rings is 1. The Kier molecular flexibility index (Phi) is 9.73. The molecule has 0 aliphatic heterocycles. The molecule has 2 heteroatoms. The van der Waals surface area contributed by atoms with Crippen LogP contribution >= 0.6 is 0 Å². The predicted octanol–water partition coefficient (Wildman–Crippen LogP) is 8.38. The van der Waals surface area contributed by atoms with E-state index in [1.165, 1.54) is 82.6 Å². The third-order valence-corrected chi connectivity index (χ3v) is 6.79. The third-order valence-electron chi connectivity index (χ3n) is 6.79. The second kappa shape index (κ2) is 12.8. The Morgan fingerprint density at radius 2 is 1.53 bits per heavy atom. The van der Waals surface area contributed by atoms with Gasteiger partial charge in [-0.25, -0.2) is 0 Å². The SMILES string of the molecule is CCCCCCCC1CCCCC1CCCOc1ccc(-c2ccc(C)cn2)cc1. The van der Waals surface area contributed by atoms with Gasteiger partial charge in [-0.1, -0.05) is 77.2 Å². The van der Waals surface area contributed by atoms with E-state index in [-0.39, 0.29) is 0 Å². The van der Waals surface area contributed by atoms with Crippen molar-refractivity contribution < 1.29 is 4.74 Å². The van der Waals surface area contributed by atoms with Crippen LogP contribution in [0.1, 0.15) is 89.5 Å². The van der Waals surface area contributed by atoms with Gasteiger partial charge in [-0.05, 0) is 67.5 Å². The van der Waals surface area contributed by atoms with Crippen LogP contribution in [0.5, 0.6) is 5.75 Å². The standard InChI is InChI=1S/C28H41NO/c1-3-4-5-6-7-11-24-12-8-9-13-25(24)14-10-21-30-27-18-16-26(17-19-27)28-20-15-23(2)22-29-28/h15-20,22,24-25H,3-14,21H2,1-2H3. The van der Waals surface area contributed by atoms with Crippen molar-refractivity contribution in [2.75, 3.05) is 6.61 Å². The summed E-state index contributed by atoms with van der Waals surface area (Å²) in [6.07, 6.45) is 18.8. The maximum absolute atomic E-state index is 6.05. The van der Waals surface area contributed by atoms with Gasteiger partial charge >= 0.3 is 0 Å². The van der Waals surface area contributed by atoms with E-state index in [1.54, 1.807) is 0 Å². The zero-order valence-electron chi connectivity index (χ0n) is 19.2. The Morgan fingerprint density at radius 1 is 0.833 bits per heavy atom. The van der Waals surface area contributed by atoms with E-state index < -0.39 is 0 Å². The highest BCUT2D eigenvalue weighted by Crippen LogP contribution is 2.36. The molecule has 0 bridgehead atoms. The van der Waals surface area contributed by atoms with Crippen LogP contribution in [0.15, 0.2) is 42.6 Å². The molecule has 1 aliphatic carbocycles. The number of aromatic nitrogens is 1. The number of ether oxygens (including phenoxy) is 1. The van der Waals surface area contributed by atoms with Crippen molar-refractivity contribution in [1.82, 2.24) is 4.98 Å². The summed E-state index contributed by atoms with van der Waals surface area (Å²) in [7, 11) is 0. The minimum atomic E-state index is 0.835. The first kappa shape index (κ1) is 22.8. The van der Waals surface area contributed by atoms with Crippen LogP contribution in [0.25, 0.3) is 11.3 Å². The van der Waals surface area contributed by atoms with Crippen LogP contribution in [0, 0.1) is 18.8 Å². The molecule has 1 heterocycles. The summed E-state index contributed by atoms with van der Waals surface area (Å²) in [6.45, 7) is 5.20. The highest BCUT2D eigenvalue weighted by molar-refractivity contribution is 5.60. The molecule has 2 unspecified atom stereocenters. The fraction of sp³-hybridized carbons (Fsp3) is 0.607. The second-order valence-corrected chi connectivity index (χ2v) is 9.24. The molecule has 1 fully saturated rings. The van der Waals surface area contributed by atoms with Crippen molar-refractivity contribution in [1.29, 1.82) is 0 Å². The van der Waals surface area contributed by atoms with Crippen LogP contribution in [0.4, 0.5) is 0 Å². The molecule has 0 N–H and O–H groups in total. The number of aryl methyl sites for hydroxylation is 1. The molecule has 0 amide bonds. The Hall–Kier alpha value is -1.83. The quantitative estimate of drug-likeness (QED) is 0.330. The van der Waals surface area contributed by atoms with Crippen LogP contribution in [0.3, 0.4) is 0 Å². The van der Waals surface area contributed by atoms with Gasteiger partial charge < -0.3 is 4.74 Å². The van der Waals surface area contributed by atoms with Crippen molar-refractivity contribution in [2.24, 2.45) is 11.8 Å². The summed E-state index contributed by atoms with van der Waals surface area (Å²) in [5, 5.41) is 0. The van der Waals surface area contributed by atoms with Crippen molar-refractivity contribution in [3.63, 3.8) is 0 Å². The van der Waals surface area contributed by atoms with Crippen LogP contribution in [-0.2, 0) is 0 Å². The third kappa shape index (κ3) is 7.45. The lowest BCUT2D eigenvalue weighted by molar-refractivity contribution is 0.190. The van der Waals surface area contributed by atoms with Crippen molar-refractivity contribution in [2.45, 2.75) is 90.9 Å². The molecule has 1 aromatic carbocycles. The van der Waals surface area contributed by atoms with E-state index >= 15 is 0 Å². The summed E-state index contributed by atoms with van der Waals surface area (Å²) < 4.78 is 6.05. The van der Waals surface area contributed by atoms with Gasteiger partial charge in [-0.15, -0.1) is 0 Å². The summed E-state index contributed by atoms with van der Waals surface area (Å²) in [6, 6.07) is 12.6. The van der Waals surface area contributed by atoms with Gasteiger partial charge in [0.05, 0.1) is 12.3 Å². The van der Waals surface area contributed by atoms with Crippen molar-refractivity contribution in [3.05, 3.63) is 48.2 Å². The molecule has 30 heavy (non-hydrogen) atoms. The van der Waals surface area contributed by atoms with Crippen LogP contribution in [0.2, 0.25) is 0 Å². The minimum Gasteiger partial charge on any atom is -0.494 e. The van der Waals surface area contributed by atoms with E-state index in [1.807, 2.05) is 6.20 Å². The van der Waals surface area contributed by atoms with E-state index in [2.05, 4.69) is 55.2 Å². The molecule has 0 saturated heterocycles. The number of hydrogen-bond acceptors (Lipinski definition) is 2. The molecule has 1 saturated carbocycles. The average Bonchev–Trinajstić information content (AvgIpc) is 2.78. The average molecular weight is 408 g/mol. The van der Waals surface area contributed by atoms with E-state index in [0.29, 0.717) is 0 Å². The van der Waals surface area contributed by atoms with Crippen LogP contribution < -0.4 is 4.74 Å². The Morgan fingerprint density at radius 3 is 2.20 bits per heavy atom. The van der Waals surface area contributed by atoms with E-state index in [0.717, 1.165) is 35.4 Å². The first-order valence-corrected chi connectivity index (χ1v) is 12.4. The van der Waals surface area contributed by atoms with Gasteiger partial charge in [-0.3, -0.25) is 4.98 Å². The fourth-order valence-electron chi connectivity index (χ4n) is 4.95. The number of pyridine rings is 1. The van der Waals surface area contributed by atoms with E-state index in [4.69, 9.17) is 4.74 Å². The summed E-state index contributed by atoms with van der Waals surface area (Å²) in [5.41, 5.74) is 3.35. The number of rotatable bonds is 12. The highest BCUT2D eigenvalue weighted by Gasteiger charge is 2.24. The van der Waals surface area contributed by atoms with Gasteiger partial charge in [0, 0.05) is 11.8 Å². The fourth-order valence-corrected chi connectivity index (χ4v) is 4.95. The highest BCUT2D eigenvalue weighted by atomic mass is 16.5. The molecule has 2 atom stereocenters. The van der Waals surface area contributed by atoms with E-state index in [9.17, 15) is 0 Å². The predicted molar refractivity (Wildman–Crippen MR) is 128 cm³/mol. The summed E-state index contributed by atoms with van der Waals surface area (Å²) in [5.74, 6) is 2.88. The number of unbranched alkanes of at least 4 members (excludes halogenated alkanes) is 4. The minimum absolute atomic E-state index is 0.835. The van der Waals surface area contributed by atoms with Crippen LogP contribution in [-0.4, -0.2) is 11.6 Å². The second-order valence-electron chi connectivity index (χ2n) is 9.24. The van der Waals surface area contributed by atoms with Gasteiger partial charge in [0.1, 0.15) is 5.75 Å². The number of nitrogens with zero attached hydrogens (tertiary/aromatic N) is 1. The lowest BCUT2D eigenvalue weighted by atomic mass is 9.74. The largest absolute Gasteiger partial charge is 0.494 e. The zero-order chi connectivity index (χ0) is 21.0. The summed E-state index contributed by atoms with van der Waals surface area (Å²) in [4.78, 5) is 4.51. The summed E-state index contributed by atoms with van der Waals surface area (Å²) >= 11 is 0. The van der Waals surface area contributed by atoms with Gasteiger partial charge in [0.15, 0.2) is 0 Å². The van der Waals surface area contributed by atoms with Crippen molar-refractivity contribution in [3.8, 4) is 17.0 Å². The monoisotopic (exact) mass is 407 g/mol.